The number of nitrogens with one attached hydrogen (secondary N) is 2. The van der Waals surface area contributed by atoms with Gasteiger partial charge < -0.3 is 20.1 Å². The number of hydrogen-bond donors (Lipinski definition) is 2. The van der Waals surface area contributed by atoms with Crippen molar-refractivity contribution in [3.63, 3.8) is 0 Å². The van der Waals surface area contributed by atoms with Crippen molar-refractivity contribution in [1.82, 2.24) is 15.5 Å². The van der Waals surface area contributed by atoms with Gasteiger partial charge in [-0.1, -0.05) is 42.5 Å². The second-order valence-corrected chi connectivity index (χ2v) is 7.99. The van der Waals surface area contributed by atoms with E-state index in [9.17, 15) is 8.78 Å². The lowest BCUT2D eigenvalue weighted by atomic mass is 10.1. The molecule has 0 saturated carbocycles. The lowest BCUT2D eigenvalue weighted by Crippen LogP contribution is -2.45. The summed E-state index contributed by atoms with van der Waals surface area (Å²) in [6.45, 7) is 4.95. The van der Waals surface area contributed by atoms with Crippen molar-refractivity contribution in [2.45, 2.75) is 52.3 Å². The molecule has 2 atom stereocenters. The molecule has 33 heavy (non-hydrogen) atoms. The van der Waals surface area contributed by atoms with Gasteiger partial charge in [-0.3, -0.25) is 9.89 Å². The van der Waals surface area contributed by atoms with E-state index in [-0.39, 0.29) is 41.9 Å². The number of ether oxygens (including phenoxy) is 2. The van der Waals surface area contributed by atoms with Crippen molar-refractivity contribution < 1.29 is 18.3 Å². The molecule has 2 N–H and O–H groups in total. The fourth-order valence-corrected chi connectivity index (χ4v) is 3.98. The molecular formula is C24H33F2IN4O2. The second-order valence-electron chi connectivity index (χ2n) is 7.99. The summed E-state index contributed by atoms with van der Waals surface area (Å²) < 4.78 is 35.7. The van der Waals surface area contributed by atoms with Crippen LogP contribution in [-0.4, -0.2) is 49.8 Å². The summed E-state index contributed by atoms with van der Waals surface area (Å²) in [7, 11) is 1.68. The molecule has 0 radical (unpaired) electrons. The second kappa shape index (κ2) is 13.7. The van der Waals surface area contributed by atoms with Crippen molar-refractivity contribution in [3.8, 4) is 5.75 Å². The van der Waals surface area contributed by atoms with Crippen molar-refractivity contribution in [2.75, 3.05) is 20.1 Å². The number of nitrogens with zero attached hydrogens (tertiary/aromatic N) is 2. The van der Waals surface area contributed by atoms with E-state index >= 15 is 0 Å². The van der Waals surface area contributed by atoms with Gasteiger partial charge in [0.1, 0.15) is 5.75 Å². The van der Waals surface area contributed by atoms with Crippen LogP contribution in [-0.2, 0) is 24.4 Å². The zero-order chi connectivity index (χ0) is 22.9. The van der Waals surface area contributed by atoms with Crippen LogP contribution >= 0.6 is 24.0 Å². The van der Waals surface area contributed by atoms with Crippen LogP contribution in [0.15, 0.2) is 53.5 Å². The molecule has 6 nitrogen and oxygen atoms in total. The highest BCUT2D eigenvalue weighted by atomic mass is 127. The minimum absolute atomic E-state index is 0. The molecule has 0 amide bonds. The van der Waals surface area contributed by atoms with Crippen LogP contribution in [0.5, 0.6) is 5.75 Å². The van der Waals surface area contributed by atoms with Gasteiger partial charge in [0.05, 0.1) is 12.2 Å². The smallest absolute Gasteiger partial charge is 0.387 e. The fraction of sp³-hybridized carbons (Fsp3) is 0.458. The molecule has 1 saturated heterocycles. The maximum absolute atomic E-state index is 12.6. The van der Waals surface area contributed by atoms with Gasteiger partial charge in [0.25, 0.3) is 0 Å². The molecule has 1 heterocycles. The van der Waals surface area contributed by atoms with E-state index in [0.29, 0.717) is 24.6 Å². The molecule has 2 aromatic carbocycles. The monoisotopic (exact) mass is 574 g/mol. The first-order chi connectivity index (χ1) is 15.4. The first-order valence-electron chi connectivity index (χ1n) is 10.9. The third kappa shape index (κ3) is 8.71. The van der Waals surface area contributed by atoms with E-state index < -0.39 is 6.61 Å². The molecule has 0 aromatic heterocycles. The van der Waals surface area contributed by atoms with Gasteiger partial charge in [-0.15, -0.1) is 24.0 Å². The molecular weight excluding hydrogens is 541 g/mol. The highest BCUT2D eigenvalue weighted by molar-refractivity contribution is 14.0. The summed E-state index contributed by atoms with van der Waals surface area (Å²) in [5.74, 6) is 0.741. The number of morpholine rings is 1. The molecule has 1 fully saturated rings. The summed E-state index contributed by atoms with van der Waals surface area (Å²) in [6.07, 6.45) is 0.452. The van der Waals surface area contributed by atoms with Gasteiger partial charge in [0.15, 0.2) is 5.96 Å². The quantitative estimate of drug-likeness (QED) is 0.279. The maximum Gasteiger partial charge on any atom is 0.387 e. The van der Waals surface area contributed by atoms with Gasteiger partial charge in [-0.25, -0.2) is 0 Å². The predicted molar refractivity (Wildman–Crippen MR) is 137 cm³/mol. The number of guanidine groups is 1. The zero-order valence-electron chi connectivity index (χ0n) is 19.3. The van der Waals surface area contributed by atoms with Gasteiger partial charge in [-0.2, -0.15) is 8.78 Å². The van der Waals surface area contributed by atoms with E-state index in [2.05, 4.69) is 57.3 Å². The van der Waals surface area contributed by atoms with Crippen molar-refractivity contribution >= 4 is 29.9 Å². The Morgan fingerprint density at radius 3 is 2.15 bits per heavy atom. The zero-order valence-corrected chi connectivity index (χ0v) is 21.6. The van der Waals surface area contributed by atoms with Crippen LogP contribution < -0.4 is 15.4 Å². The first kappa shape index (κ1) is 27.3. The molecule has 0 aliphatic carbocycles. The van der Waals surface area contributed by atoms with Crippen molar-refractivity contribution in [3.05, 3.63) is 65.2 Å². The van der Waals surface area contributed by atoms with Gasteiger partial charge in [-0.05, 0) is 31.0 Å². The third-order valence-electron chi connectivity index (χ3n) is 5.31. The van der Waals surface area contributed by atoms with Crippen molar-refractivity contribution in [2.24, 2.45) is 4.99 Å². The molecule has 0 bridgehead atoms. The van der Waals surface area contributed by atoms with Crippen LogP contribution in [0.1, 0.15) is 30.5 Å². The first-order valence-corrected chi connectivity index (χ1v) is 10.9. The number of hydrogen-bond acceptors (Lipinski definition) is 4. The van der Waals surface area contributed by atoms with Gasteiger partial charge >= 0.3 is 6.61 Å². The van der Waals surface area contributed by atoms with Gasteiger partial charge in [0, 0.05) is 45.3 Å². The molecule has 3 rings (SSSR count). The Morgan fingerprint density at radius 1 is 1.00 bits per heavy atom. The largest absolute Gasteiger partial charge is 0.434 e. The Hall–Kier alpha value is -1.98. The standard InChI is InChI=1S/C24H32F2N4O2.HI/c1-17-14-30(15-18(2)31-17)16-21-10-5-4-8-19(21)12-28-24(27-3)29-13-20-9-6-7-11-22(20)32-23(25)26;/h4-11,17-18,23H,12-16H2,1-3H3,(H2,27,28,29);1H. The topological polar surface area (TPSA) is 58.1 Å². The number of para-hydroxylation sites is 1. The lowest BCUT2D eigenvalue weighted by molar-refractivity contribution is -0.0705. The molecule has 2 aromatic rings. The van der Waals surface area contributed by atoms with Crippen LogP contribution in [0.4, 0.5) is 8.78 Å². The Kier molecular flexibility index (Phi) is 11.3. The summed E-state index contributed by atoms with van der Waals surface area (Å²) in [5, 5.41) is 6.49. The Balaban J connectivity index is 0.00000385. The number of aliphatic imine (C=N–C) groups is 1. The predicted octanol–water partition coefficient (Wildman–Crippen LogP) is 4.38. The van der Waals surface area contributed by atoms with E-state index in [0.717, 1.165) is 19.6 Å². The van der Waals surface area contributed by atoms with Crippen LogP contribution in [0.2, 0.25) is 0 Å². The molecule has 1 aliphatic heterocycles. The summed E-state index contributed by atoms with van der Waals surface area (Å²) >= 11 is 0. The summed E-state index contributed by atoms with van der Waals surface area (Å²) in [4.78, 5) is 6.67. The molecule has 9 heteroatoms. The highest BCUT2D eigenvalue weighted by Gasteiger charge is 2.22. The molecule has 182 valence electrons. The van der Waals surface area contributed by atoms with Crippen LogP contribution in [0, 0.1) is 0 Å². The Morgan fingerprint density at radius 2 is 1.55 bits per heavy atom. The normalized spacial score (nSPS) is 19.2. The van der Waals surface area contributed by atoms with Gasteiger partial charge in [0.2, 0.25) is 0 Å². The molecule has 0 spiro atoms. The Labute approximate surface area is 211 Å². The number of rotatable bonds is 8. The van der Waals surface area contributed by atoms with Crippen LogP contribution in [0.25, 0.3) is 0 Å². The minimum atomic E-state index is -2.86. The van der Waals surface area contributed by atoms with Crippen LogP contribution in [0.3, 0.4) is 0 Å². The molecule has 2 unspecified atom stereocenters. The summed E-state index contributed by atoms with van der Waals surface area (Å²) in [6, 6.07) is 15.1. The molecule has 1 aliphatic rings. The van der Waals surface area contributed by atoms with Crippen molar-refractivity contribution in [1.29, 1.82) is 0 Å². The summed E-state index contributed by atoms with van der Waals surface area (Å²) in [5.41, 5.74) is 3.07. The van der Waals surface area contributed by atoms with E-state index in [4.69, 9.17) is 4.74 Å². The SMILES string of the molecule is CN=C(NCc1ccccc1CN1CC(C)OC(C)C1)NCc1ccccc1OC(F)F.I. The minimum Gasteiger partial charge on any atom is -0.434 e. The maximum atomic E-state index is 12.6. The average Bonchev–Trinajstić information content (AvgIpc) is 2.75. The van der Waals surface area contributed by atoms with E-state index in [1.165, 1.54) is 17.2 Å². The lowest BCUT2D eigenvalue weighted by Gasteiger charge is -2.35. The third-order valence-corrected chi connectivity index (χ3v) is 5.31. The van der Waals surface area contributed by atoms with E-state index in [1.807, 2.05) is 6.07 Å². The Bertz CT molecular complexity index is 890. The highest BCUT2D eigenvalue weighted by Crippen LogP contribution is 2.20. The number of alkyl halides is 2. The van der Waals surface area contributed by atoms with E-state index in [1.54, 1.807) is 25.2 Å². The average molecular weight is 574 g/mol. The number of halogens is 3. The fourth-order valence-electron chi connectivity index (χ4n) is 3.98. The number of benzene rings is 2.